The van der Waals surface area contributed by atoms with E-state index in [4.69, 9.17) is 23.3 Å². The number of anilines is 1. The van der Waals surface area contributed by atoms with Gasteiger partial charge in [0.1, 0.15) is 24.1 Å². The topological polar surface area (TPSA) is 214 Å². The number of nitrogens with zero attached hydrogens (tertiary/aromatic N) is 2. The lowest BCUT2D eigenvalue weighted by Crippen LogP contribution is -2.38. The number of hydrogen-bond donors (Lipinski definition) is 4. The van der Waals surface area contributed by atoms with E-state index >= 15 is 0 Å². The molecule has 0 spiro atoms. The molecule has 0 saturated carbocycles. The Balaban J connectivity index is 2.07. The summed E-state index contributed by atoms with van der Waals surface area (Å²) < 4.78 is 52.0. The van der Waals surface area contributed by atoms with Crippen molar-refractivity contribution in [2.24, 2.45) is 0 Å². The van der Waals surface area contributed by atoms with Gasteiger partial charge in [0.05, 0.1) is 13.2 Å². The lowest BCUT2D eigenvalue weighted by molar-refractivity contribution is -0.119. The molecule has 2 amide bonds. The van der Waals surface area contributed by atoms with Gasteiger partial charge >= 0.3 is 20.9 Å². The molecular weight excluding hydrogens is 526 g/mol. The van der Waals surface area contributed by atoms with Crippen LogP contribution >= 0.6 is 15.2 Å². The second kappa shape index (κ2) is 13.0. The number of carbonyl (C=O) groups excluding carboxylic acids is 2. The Hall–Kier alpha value is -2.00. The molecule has 1 aliphatic rings. The van der Waals surface area contributed by atoms with E-state index in [9.17, 15) is 33.3 Å². The van der Waals surface area contributed by atoms with Crippen LogP contribution in [0.2, 0.25) is 0 Å². The smallest absolute Gasteiger partial charge is 0.351 e. The summed E-state index contributed by atoms with van der Waals surface area (Å²) in [5, 5.41) is 4.73. The fourth-order valence-corrected chi connectivity index (χ4v) is 6.59. The molecule has 6 unspecified atom stereocenters. The predicted octanol–water partition coefficient (Wildman–Crippen LogP) is -0.373. The van der Waals surface area contributed by atoms with Crippen LogP contribution in [0.5, 0.6) is 0 Å². The van der Waals surface area contributed by atoms with Crippen molar-refractivity contribution in [1.29, 1.82) is 0 Å². The number of ether oxygens (including phenoxy) is 3. The zero-order chi connectivity index (χ0) is 27.1. The fourth-order valence-electron chi connectivity index (χ4n) is 3.37. The van der Waals surface area contributed by atoms with Gasteiger partial charge < -0.3 is 43.7 Å². The van der Waals surface area contributed by atoms with E-state index in [1.54, 1.807) is 0 Å². The Labute approximate surface area is 206 Å². The van der Waals surface area contributed by atoms with Gasteiger partial charge in [0.25, 0.3) is 0 Å². The SMILES string of the molecule is COC1C(COP(=O)(O)CP(=O)(O)OCCNC(C)=O)OC(n2ccc(NC(C)=O)nc2=O)C1OC. The van der Waals surface area contributed by atoms with Crippen LogP contribution in [0.15, 0.2) is 17.1 Å². The van der Waals surface area contributed by atoms with Gasteiger partial charge in [-0.15, -0.1) is 0 Å². The maximum Gasteiger partial charge on any atom is 0.351 e. The van der Waals surface area contributed by atoms with E-state index in [1.807, 2.05) is 0 Å². The van der Waals surface area contributed by atoms with Crippen LogP contribution in [0.4, 0.5) is 5.82 Å². The van der Waals surface area contributed by atoms with Gasteiger partial charge in [-0.1, -0.05) is 0 Å². The molecule has 1 aromatic heterocycles. The third-order valence-corrected chi connectivity index (χ3v) is 8.80. The Morgan fingerprint density at radius 1 is 1.11 bits per heavy atom. The summed E-state index contributed by atoms with van der Waals surface area (Å²) in [5.41, 5.74) is -0.768. The lowest BCUT2D eigenvalue weighted by atomic mass is 10.1. The monoisotopic (exact) mass is 556 g/mol. The van der Waals surface area contributed by atoms with E-state index in [1.165, 1.54) is 40.3 Å². The average Bonchev–Trinajstić information content (AvgIpc) is 3.11. The number of carbonyl (C=O) groups is 2. The van der Waals surface area contributed by atoms with E-state index in [0.29, 0.717) is 0 Å². The normalized spacial score (nSPS) is 25.1. The van der Waals surface area contributed by atoms with Gasteiger partial charge in [-0.05, 0) is 6.07 Å². The van der Waals surface area contributed by atoms with Crippen molar-refractivity contribution in [3.63, 3.8) is 0 Å². The van der Waals surface area contributed by atoms with Crippen LogP contribution in [0, 0.1) is 0 Å². The van der Waals surface area contributed by atoms with E-state index in [-0.39, 0.29) is 24.9 Å². The quantitative estimate of drug-likeness (QED) is 0.180. The van der Waals surface area contributed by atoms with Crippen molar-refractivity contribution in [2.45, 2.75) is 38.4 Å². The van der Waals surface area contributed by atoms with Gasteiger partial charge in [-0.3, -0.25) is 23.3 Å². The molecule has 18 heteroatoms. The molecule has 1 aliphatic heterocycles. The highest BCUT2D eigenvalue weighted by Crippen LogP contribution is 2.58. The molecule has 16 nitrogen and oxygen atoms in total. The van der Waals surface area contributed by atoms with E-state index in [2.05, 4.69) is 15.6 Å². The highest BCUT2D eigenvalue weighted by Gasteiger charge is 2.48. The molecule has 2 heterocycles. The van der Waals surface area contributed by atoms with Crippen LogP contribution in [-0.4, -0.2) is 89.3 Å². The largest absolute Gasteiger partial charge is 0.376 e. The first-order valence-electron chi connectivity index (χ1n) is 10.5. The Bertz CT molecular complexity index is 1080. The number of amides is 2. The molecule has 0 radical (unpaired) electrons. The molecule has 6 atom stereocenters. The average molecular weight is 556 g/mol. The minimum atomic E-state index is -4.64. The summed E-state index contributed by atoms with van der Waals surface area (Å²) in [6.07, 6.45) is -2.50. The molecule has 1 saturated heterocycles. The van der Waals surface area contributed by atoms with Crippen molar-refractivity contribution < 1.29 is 51.8 Å². The van der Waals surface area contributed by atoms with Gasteiger partial charge in [-0.2, -0.15) is 4.98 Å². The maximum atomic E-state index is 12.5. The molecule has 4 N–H and O–H groups in total. The first kappa shape index (κ1) is 30.2. The summed E-state index contributed by atoms with van der Waals surface area (Å²) in [5.74, 6) is -1.95. The van der Waals surface area contributed by atoms with Crippen LogP contribution in [-0.2, 0) is 42.0 Å². The van der Waals surface area contributed by atoms with E-state index in [0.717, 1.165) is 4.57 Å². The van der Waals surface area contributed by atoms with Crippen LogP contribution in [0.25, 0.3) is 0 Å². The molecule has 0 aromatic carbocycles. The molecule has 0 bridgehead atoms. The van der Waals surface area contributed by atoms with Crippen LogP contribution in [0.3, 0.4) is 0 Å². The third kappa shape index (κ3) is 8.83. The number of hydrogen-bond acceptors (Lipinski definition) is 11. The summed E-state index contributed by atoms with van der Waals surface area (Å²) in [7, 11) is -6.49. The minimum Gasteiger partial charge on any atom is -0.376 e. The van der Waals surface area contributed by atoms with Gasteiger partial charge in [-0.25, -0.2) is 4.79 Å². The number of nitrogens with one attached hydrogen (secondary N) is 2. The van der Waals surface area contributed by atoms with Gasteiger partial charge in [0.2, 0.25) is 11.8 Å². The summed E-state index contributed by atoms with van der Waals surface area (Å²) in [6, 6.07) is 1.37. The maximum absolute atomic E-state index is 12.5. The molecule has 1 aromatic rings. The minimum absolute atomic E-state index is 0.0350. The highest BCUT2D eigenvalue weighted by molar-refractivity contribution is 7.70. The zero-order valence-corrected chi connectivity index (χ0v) is 21.8. The van der Waals surface area contributed by atoms with Gasteiger partial charge in [0, 0.05) is 40.8 Å². The highest BCUT2D eigenvalue weighted by atomic mass is 31.2. The van der Waals surface area contributed by atoms with Crippen LogP contribution in [0.1, 0.15) is 20.1 Å². The number of methoxy groups -OCH3 is 2. The zero-order valence-electron chi connectivity index (χ0n) is 20.1. The Morgan fingerprint density at radius 2 is 1.75 bits per heavy atom. The Morgan fingerprint density at radius 3 is 2.31 bits per heavy atom. The second-order valence-electron chi connectivity index (χ2n) is 7.68. The van der Waals surface area contributed by atoms with Crippen molar-refractivity contribution in [1.82, 2.24) is 14.9 Å². The molecule has 1 fully saturated rings. The second-order valence-corrected chi connectivity index (χ2v) is 11.9. The molecule has 204 valence electrons. The fraction of sp³-hybridized carbons (Fsp3) is 0.667. The van der Waals surface area contributed by atoms with Crippen molar-refractivity contribution in [3.8, 4) is 0 Å². The third-order valence-electron chi connectivity index (χ3n) is 4.81. The van der Waals surface area contributed by atoms with Crippen molar-refractivity contribution >= 4 is 32.8 Å². The standard InChI is InChI=1S/C18H30N4O12P2/c1-11(23)19-6-8-32-35(26,27)10-36(28,29)33-9-13-15(30-3)16(31-4)17(34-13)22-7-5-14(20-12(2)24)21-18(22)25/h5,7,13,15-17H,6,8-10H2,1-4H3,(H,19,23)(H,26,27)(H,28,29)(H,20,21,24,25). The number of rotatable bonds is 13. The van der Waals surface area contributed by atoms with Crippen LogP contribution < -0.4 is 16.3 Å². The van der Waals surface area contributed by atoms with E-state index < -0.39 is 63.8 Å². The Kier molecular flexibility index (Phi) is 10.9. The van der Waals surface area contributed by atoms with Gasteiger partial charge in [0.15, 0.2) is 12.1 Å². The summed E-state index contributed by atoms with van der Waals surface area (Å²) in [6.45, 7) is 1.53. The van der Waals surface area contributed by atoms with Crippen molar-refractivity contribution in [3.05, 3.63) is 22.7 Å². The lowest BCUT2D eigenvalue weighted by Gasteiger charge is -2.22. The molecular formula is C18H30N4O12P2. The summed E-state index contributed by atoms with van der Waals surface area (Å²) in [4.78, 5) is 58.2. The summed E-state index contributed by atoms with van der Waals surface area (Å²) >= 11 is 0. The number of aromatic nitrogens is 2. The predicted molar refractivity (Wildman–Crippen MR) is 123 cm³/mol. The first-order chi connectivity index (χ1) is 16.8. The molecule has 36 heavy (non-hydrogen) atoms. The molecule has 2 rings (SSSR count). The first-order valence-corrected chi connectivity index (χ1v) is 14.1. The van der Waals surface area contributed by atoms with Crippen molar-refractivity contribution in [2.75, 3.05) is 45.2 Å². The molecule has 0 aliphatic carbocycles.